The van der Waals surface area contributed by atoms with Gasteiger partial charge >= 0.3 is 0 Å². The number of rotatable bonds is 6. The van der Waals surface area contributed by atoms with Crippen molar-refractivity contribution in [1.29, 1.82) is 0 Å². The van der Waals surface area contributed by atoms with E-state index in [4.69, 9.17) is 4.42 Å². The van der Waals surface area contributed by atoms with Crippen molar-refractivity contribution in [2.24, 2.45) is 0 Å². The van der Waals surface area contributed by atoms with Crippen LogP contribution < -0.4 is 10.0 Å². The fraction of sp³-hybridized carbons (Fsp3) is 0.0870. The summed E-state index contributed by atoms with van der Waals surface area (Å²) in [5.74, 6) is 0.0439. The third-order valence-corrected chi connectivity index (χ3v) is 5.21. The van der Waals surface area contributed by atoms with Gasteiger partial charge in [0.1, 0.15) is 5.58 Å². The van der Waals surface area contributed by atoms with E-state index in [-0.39, 0.29) is 5.91 Å². The number of hydrogen-bond donors (Lipinski definition) is 2. The molecule has 0 unspecified atom stereocenters. The molecule has 140 valence electrons. The number of carbonyl (C=O) groups is 1. The Morgan fingerprint density at radius 3 is 2.57 bits per heavy atom. The lowest BCUT2D eigenvalue weighted by molar-refractivity contribution is 0.0959. The Balaban J connectivity index is 1.52. The minimum atomic E-state index is -0.255. The van der Waals surface area contributed by atoms with Gasteiger partial charge in [-0.25, -0.2) is 0 Å². The first-order valence-electron chi connectivity index (χ1n) is 9.13. The Hall–Kier alpha value is -3.18. The minimum absolute atomic E-state index is 0.255. The highest BCUT2D eigenvalue weighted by molar-refractivity contribution is 7.98. The predicted octanol–water partition coefficient (Wildman–Crippen LogP) is 5.97. The van der Waals surface area contributed by atoms with E-state index in [1.165, 1.54) is 11.9 Å². The first-order valence-corrected chi connectivity index (χ1v) is 9.95. The maximum Gasteiger partial charge on any atom is 0.297 e. The third-order valence-electron chi connectivity index (χ3n) is 4.35. The minimum Gasteiger partial charge on any atom is -0.451 e. The highest BCUT2D eigenvalue weighted by atomic mass is 32.2. The largest absolute Gasteiger partial charge is 0.451 e. The van der Waals surface area contributed by atoms with Crippen molar-refractivity contribution in [2.45, 2.75) is 11.8 Å². The van der Waals surface area contributed by atoms with Gasteiger partial charge in [0.2, 0.25) is 0 Å². The number of carbonyl (C=O) groups excluding carboxylic acids is 1. The zero-order chi connectivity index (χ0) is 19.3. The predicted molar refractivity (Wildman–Crippen MR) is 116 cm³/mol. The third kappa shape index (κ3) is 3.89. The van der Waals surface area contributed by atoms with E-state index in [0.29, 0.717) is 11.3 Å². The van der Waals surface area contributed by atoms with Crippen molar-refractivity contribution in [3.8, 4) is 11.1 Å². The molecule has 1 aromatic heterocycles. The zero-order valence-corrected chi connectivity index (χ0v) is 16.3. The first-order chi connectivity index (χ1) is 13.7. The Morgan fingerprint density at radius 1 is 0.964 bits per heavy atom. The van der Waals surface area contributed by atoms with Gasteiger partial charge in [-0.2, -0.15) is 0 Å². The number of benzene rings is 3. The van der Waals surface area contributed by atoms with E-state index in [0.717, 1.165) is 33.6 Å². The van der Waals surface area contributed by atoms with Crippen molar-refractivity contribution in [1.82, 2.24) is 4.72 Å². The summed E-state index contributed by atoms with van der Waals surface area (Å²) in [4.78, 5) is 13.6. The van der Waals surface area contributed by atoms with Crippen LogP contribution in [0.2, 0.25) is 0 Å². The summed E-state index contributed by atoms with van der Waals surface area (Å²) in [7, 11) is 0. The van der Waals surface area contributed by atoms with Gasteiger partial charge in [0.15, 0.2) is 5.76 Å². The molecule has 5 heteroatoms. The second kappa shape index (κ2) is 8.23. The van der Waals surface area contributed by atoms with Gasteiger partial charge < -0.3 is 9.73 Å². The van der Waals surface area contributed by atoms with Gasteiger partial charge in [-0.05, 0) is 54.3 Å². The van der Waals surface area contributed by atoms with E-state index >= 15 is 0 Å². The molecule has 1 amide bonds. The lowest BCUT2D eigenvalue weighted by Gasteiger charge is -2.09. The number of furan rings is 1. The maximum absolute atomic E-state index is 12.6. The molecule has 0 aliphatic carbocycles. The van der Waals surface area contributed by atoms with Crippen molar-refractivity contribution in [2.75, 3.05) is 11.9 Å². The summed E-state index contributed by atoms with van der Waals surface area (Å²) in [6.07, 6.45) is 0. The Morgan fingerprint density at radius 2 is 1.75 bits per heavy atom. The molecule has 28 heavy (non-hydrogen) atoms. The lowest BCUT2D eigenvalue weighted by Crippen LogP contribution is -2.14. The van der Waals surface area contributed by atoms with Gasteiger partial charge in [0.05, 0.1) is 0 Å². The molecule has 4 nitrogen and oxygen atoms in total. The van der Waals surface area contributed by atoms with Crippen molar-refractivity contribution in [3.05, 3.63) is 84.6 Å². The molecule has 3 aromatic carbocycles. The Kier molecular flexibility index (Phi) is 5.35. The molecular formula is C23H20N2O2S. The monoisotopic (exact) mass is 388 g/mol. The summed E-state index contributed by atoms with van der Waals surface area (Å²) < 4.78 is 8.65. The second-order valence-electron chi connectivity index (χ2n) is 6.29. The number of anilines is 1. The zero-order valence-electron chi connectivity index (χ0n) is 15.4. The Bertz CT molecular complexity index is 1110. The smallest absolute Gasteiger partial charge is 0.297 e. The molecule has 2 N–H and O–H groups in total. The van der Waals surface area contributed by atoms with Gasteiger partial charge in [0, 0.05) is 28.6 Å². The van der Waals surface area contributed by atoms with Crippen LogP contribution in [-0.2, 0) is 0 Å². The molecule has 0 fully saturated rings. The molecule has 1 heterocycles. The fourth-order valence-electron chi connectivity index (χ4n) is 3.02. The first kappa shape index (κ1) is 18.2. The highest BCUT2D eigenvalue weighted by Crippen LogP contribution is 2.30. The summed E-state index contributed by atoms with van der Waals surface area (Å²) in [5, 5.41) is 4.15. The summed E-state index contributed by atoms with van der Waals surface area (Å²) in [6, 6.07) is 25.7. The summed E-state index contributed by atoms with van der Waals surface area (Å²) in [5.41, 5.74) is 3.86. The van der Waals surface area contributed by atoms with Crippen LogP contribution in [0, 0.1) is 0 Å². The average molecular weight is 388 g/mol. The number of nitrogens with one attached hydrogen (secondary N) is 2. The van der Waals surface area contributed by atoms with E-state index < -0.39 is 0 Å². The van der Waals surface area contributed by atoms with Gasteiger partial charge in [-0.3, -0.25) is 9.52 Å². The summed E-state index contributed by atoms with van der Waals surface area (Å²) >= 11 is 1.29. The lowest BCUT2D eigenvalue weighted by atomic mass is 10.1. The van der Waals surface area contributed by atoms with E-state index in [1.807, 2.05) is 67.6 Å². The molecule has 0 atom stereocenters. The van der Waals surface area contributed by atoms with Gasteiger partial charge in [-0.1, -0.05) is 48.5 Å². The highest BCUT2D eigenvalue weighted by Gasteiger charge is 2.14. The molecule has 0 saturated carbocycles. The van der Waals surface area contributed by atoms with Crippen molar-refractivity contribution < 1.29 is 9.21 Å². The van der Waals surface area contributed by atoms with Gasteiger partial charge in [-0.15, -0.1) is 0 Å². The topological polar surface area (TPSA) is 54.3 Å². The normalized spacial score (nSPS) is 10.8. The molecule has 4 aromatic rings. The molecule has 0 radical (unpaired) electrons. The van der Waals surface area contributed by atoms with E-state index in [2.05, 4.69) is 22.2 Å². The number of amides is 1. The van der Waals surface area contributed by atoms with E-state index in [9.17, 15) is 4.79 Å². The average Bonchev–Trinajstić information content (AvgIpc) is 3.17. The van der Waals surface area contributed by atoms with Crippen LogP contribution in [0.5, 0.6) is 0 Å². The summed E-state index contributed by atoms with van der Waals surface area (Å²) in [6.45, 7) is 2.87. The number of fused-ring (bicyclic) bond motifs is 1. The Labute approximate surface area is 168 Å². The quantitative estimate of drug-likeness (QED) is 0.400. The van der Waals surface area contributed by atoms with Crippen molar-refractivity contribution in [3.63, 3.8) is 0 Å². The SMILES string of the molecule is CCNc1ccc2cc(C(=O)NSc3ccccc3-c3ccccc3)oc2c1. The second-order valence-corrected chi connectivity index (χ2v) is 7.14. The molecule has 0 bridgehead atoms. The van der Waals surface area contributed by atoms with Gasteiger partial charge in [0.25, 0.3) is 5.91 Å². The standard InChI is InChI=1S/C23H20N2O2S/c1-2-24-18-13-12-17-14-21(27-20(17)15-18)23(26)25-28-22-11-7-6-10-19(22)16-8-4-3-5-9-16/h3-15,24H,2H2,1H3,(H,25,26). The fourth-order valence-corrected chi connectivity index (χ4v) is 3.77. The van der Waals surface area contributed by atoms with Crippen LogP contribution in [0.1, 0.15) is 17.5 Å². The molecule has 4 rings (SSSR count). The van der Waals surface area contributed by atoms with Crippen molar-refractivity contribution >= 4 is 34.5 Å². The molecular weight excluding hydrogens is 368 g/mol. The van der Waals surface area contributed by atoms with Crippen LogP contribution in [0.3, 0.4) is 0 Å². The molecule has 0 aliphatic rings. The van der Waals surface area contributed by atoms with Crippen LogP contribution >= 0.6 is 11.9 Å². The maximum atomic E-state index is 12.6. The molecule has 0 saturated heterocycles. The van der Waals surface area contributed by atoms with Crippen LogP contribution in [-0.4, -0.2) is 12.5 Å². The van der Waals surface area contributed by atoms with Crippen LogP contribution in [0.25, 0.3) is 22.1 Å². The molecule has 0 spiro atoms. The van der Waals surface area contributed by atoms with E-state index in [1.54, 1.807) is 6.07 Å². The number of hydrogen-bond acceptors (Lipinski definition) is 4. The molecule has 0 aliphatic heterocycles. The van der Waals surface area contributed by atoms with Crippen LogP contribution in [0.4, 0.5) is 5.69 Å². The van der Waals surface area contributed by atoms with Crippen LogP contribution in [0.15, 0.2) is 88.2 Å².